The average Bonchev–Trinajstić information content (AvgIpc) is 2.36. The molecule has 1 saturated carbocycles. The van der Waals surface area contributed by atoms with E-state index in [-0.39, 0.29) is 16.4 Å². The van der Waals surface area contributed by atoms with Crippen molar-refractivity contribution in [3.05, 3.63) is 0 Å². The topological polar surface area (TPSA) is 26.3 Å². The normalized spacial score (nSPS) is 31.3. The number of carbonyl (C=O) groups is 1. The van der Waals surface area contributed by atoms with E-state index in [1.807, 2.05) is 7.11 Å². The lowest BCUT2D eigenvalue weighted by Gasteiger charge is -2.51. The quantitative estimate of drug-likeness (QED) is 0.673. The molecule has 118 valence electrons. The molecule has 1 fully saturated rings. The fourth-order valence-corrected chi connectivity index (χ4v) is 3.76. The maximum absolute atomic E-state index is 13.0. The molecule has 0 amide bonds. The fraction of sp³-hybridized carbons (Fsp3) is 0.944. The van der Waals surface area contributed by atoms with Gasteiger partial charge in [-0.3, -0.25) is 4.79 Å². The molecular weight excluding hydrogens is 248 g/mol. The van der Waals surface area contributed by atoms with Crippen LogP contribution in [0.25, 0.3) is 0 Å². The molecule has 0 aliphatic heterocycles. The van der Waals surface area contributed by atoms with Crippen molar-refractivity contribution >= 4 is 5.78 Å². The molecule has 0 heterocycles. The second-order valence-corrected chi connectivity index (χ2v) is 8.00. The highest BCUT2D eigenvalue weighted by molar-refractivity contribution is 5.86. The molecule has 0 radical (unpaired) electrons. The Kier molecular flexibility index (Phi) is 5.83. The highest BCUT2D eigenvalue weighted by Crippen LogP contribution is 2.51. The third-order valence-electron chi connectivity index (χ3n) is 5.14. The second-order valence-electron chi connectivity index (χ2n) is 8.00. The Morgan fingerprint density at radius 2 is 1.80 bits per heavy atom. The lowest BCUT2D eigenvalue weighted by molar-refractivity contribution is -0.167. The van der Waals surface area contributed by atoms with Crippen molar-refractivity contribution in [3.8, 4) is 0 Å². The molecule has 20 heavy (non-hydrogen) atoms. The minimum atomic E-state index is -0.303. The molecule has 2 unspecified atom stereocenters. The number of hydrogen-bond acceptors (Lipinski definition) is 2. The van der Waals surface area contributed by atoms with Crippen LogP contribution in [0.5, 0.6) is 0 Å². The lowest BCUT2D eigenvalue weighted by atomic mass is 9.58. The first-order valence-electron chi connectivity index (χ1n) is 8.29. The summed E-state index contributed by atoms with van der Waals surface area (Å²) in [7, 11) is 1.81. The zero-order valence-electron chi connectivity index (χ0n) is 14.5. The van der Waals surface area contributed by atoms with Crippen molar-refractivity contribution in [2.24, 2.45) is 10.8 Å². The zero-order chi connectivity index (χ0) is 15.4. The number of ether oxygens (including phenoxy) is 1. The van der Waals surface area contributed by atoms with Gasteiger partial charge in [0.25, 0.3) is 0 Å². The van der Waals surface area contributed by atoms with Crippen molar-refractivity contribution in [1.82, 2.24) is 0 Å². The molecule has 1 aliphatic rings. The molecule has 0 aromatic heterocycles. The average molecular weight is 282 g/mol. The first-order chi connectivity index (χ1) is 9.21. The largest absolute Gasteiger partial charge is 0.377 e. The summed E-state index contributed by atoms with van der Waals surface area (Å²) in [6.07, 6.45) is 8.35. The van der Waals surface area contributed by atoms with Crippen LogP contribution < -0.4 is 0 Å². The van der Waals surface area contributed by atoms with Gasteiger partial charge in [-0.05, 0) is 31.6 Å². The van der Waals surface area contributed by atoms with Crippen LogP contribution in [0.3, 0.4) is 0 Å². The summed E-state index contributed by atoms with van der Waals surface area (Å²) < 4.78 is 6.01. The van der Waals surface area contributed by atoms with Crippen molar-refractivity contribution < 1.29 is 9.53 Å². The van der Waals surface area contributed by atoms with Crippen molar-refractivity contribution in [2.45, 2.75) is 91.6 Å². The van der Waals surface area contributed by atoms with E-state index in [9.17, 15) is 4.79 Å². The summed E-state index contributed by atoms with van der Waals surface area (Å²) in [4.78, 5) is 13.0. The Morgan fingerprint density at radius 3 is 2.30 bits per heavy atom. The molecule has 1 aliphatic carbocycles. The van der Waals surface area contributed by atoms with E-state index in [0.717, 1.165) is 38.5 Å². The maximum Gasteiger partial charge on any atom is 0.142 e. The van der Waals surface area contributed by atoms with E-state index in [1.165, 1.54) is 6.42 Å². The summed E-state index contributed by atoms with van der Waals surface area (Å²) in [5.41, 5.74) is -0.478. The van der Waals surface area contributed by atoms with Gasteiger partial charge in [-0.1, -0.05) is 53.4 Å². The van der Waals surface area contributed by atoms with Crippen molar-refractivity contribution in [3.63, 3.8) is 0 Å². The number of rotatable bonds is 6. The first-order valence-corrected chi connectivity index (χ1v) is 8.29. The number of unbranched alkanes of at least 4 members (excludes halogenated alkanes) is 1. The highest BCUT2D eigenvalue weighted by atomic mass is 16.5. The zero-order valence-corrected chi connectivity index (χ0v) is 14.5. The van der Waals surface area contributed by atoms with Crippen LogP contribution in [0.15, 0.2) is 0 Å². The van der Waals surface area contributed by atoms with Gasteiger partial charge in [-0.25, -0.2) is 0 Å². The molecule has 2 heteroatoms. The molecule has 0 spiro atoms. The summed E-state index contributed by atoms with van der Waals surface area (Å²) in [6.45, 7) is 10.8. The predicted octanol–water partition coefficient (Wildman–Crippen LogP) is 5.15. The Balaban J connectivity index is 3.02. The number of ketones is 1. The van der Waals surface area contributed by atoms with E-state index in [0.29, 0.717) is 12.2 Å². The Hall–Kier alpha value is -0.370. The van der Waals surface area contributed by atoms with Crippen LogP contribution >= 0.6 is 0 Å². The summed E-state index contributed by atoms with van der Waals surface area (Å²) in [5, 5.41) is 0. The summed E-state index contributed by atoms with van der Waals surface area (Å²) >= 11 is 0. The Labute approximate surface area is 125 Å². The van der Waals surface area contributed by atoms with Crippen molar-refractivity contribution in [2.75, 3.05) is 7.11 Å². The van der Waals surface area contributed by atoms with Crippen LogP contribution in [0.2, 0.25) is 0 Å². The molecule has 0 N–H and O–H groups in total. The molecule has 2 nitrogen and oxygen atoms in total. The van der Waals surface area contributed by atoms with Crippen molar-refractivity contribution in [1.29, 1.82) is 0 Å². The minimum absolute atomic E-state index is 0.0573. The molecule has 0 aromatic rings. The van der Waals surface area contributed by atoms with E-state index in [4.69, 9.17) is 4.74 Å². The molecular formula is C18H34O2. The third-order valence-corrected chi connectivity index (χ3v) is 5.14. The van der Waals surface area contributed by atoms with E-state index >= 15 is 0 Å². The summed E-state index contributed by atoms with van der Waals surface area (Å²) in [6, 6.07) is 0. The number of Topliss-reactive ketones (excluding diaryl/α,β-unsaturated/α-hetero) is 1. The predicted molar refractivity (Wildman–Crippen MR) is 84.9 cm³/mol. The number of carbonyl (C=O) groups excluding carboxylic acids is 1. The van der Waals surface area contributed by atoms with Crippen LogP contribution in [-0.2, 0) is 9.53 Å². The smallest absolute Gasteiger partial charge is 0.142 e. The SMILES string of the molecule is CCCCC1(OC)CCCCC1(C)C(=O)CC(C)(C)C. The number of methoxy groups -OCH3 is 1. The van der Waals surface area contributed by atoms with Crippen LogP contribution in [-0.4, -0.2) is 18.5 Å². The van der Waals surface area contributed by atoms with E-state index in [1.54, 1.807) is 0 Å². The van der Waals surface area contributed by atoms with E-state index in [2.05, 4.69) is 34.6 Å². The summed E-state index contributed by atoms with van der Waals surface area (Å²) in [5.74, 6) is 0.405. The van der Waals surface area contributed by atoms with Gasteiger partial charge in [0.15, 0.2) is 0 Å². The third kappa shape index (κ3) is 3.63. The Bertz CT molecular complexity index is 329. The monoisotopic (exact) mass is 282 g/mol. The van der Waals surface area contributed by atoms with Gasteiger partial charge in [0.05, 0.1) is 11.0 Å². The van der Waals surface area contributed by atoms with Gasteiger partial charge in [-0.2, -0.15) is 0 Å². The molecule has 1 rings (SSSR count). The minimum Gasteiger partial charge on any atom is -0.377 e. The van der Waals surface area contributed by atoms with E-state index < -0.39 is 0 Å². The van der Waals surface area contributed by atoms with Gasteiger partial charge < -0.3 is 4.74 Å². The van der Waals surface area contributed by atoms with Crippen LogP contribution in [0.1, 0.15) is 86.0 Å². The second kappa shape index (κ2) is 6.60. The standard InChI is InChI=1S/C18H34O2/c1-7-8-12-18(20-6)13-10-9-11-17(18,5)15(19)14-16(2,3)4/h7-14H2,1-6H3. The fourth-order valence-electron chi connectivity index (χ4n) is 3.76. The lowest BCUT2D eigenvalue weighted by Crippen LogP contribution is -2.55. The molecule has 0 saturated heterocycles. The van der Waals surface area contributed by atoms with Gasteiger partial charge in [0.2, 0.25) is 0 Å². The highest BCUT2D eigenvalue weighted by Gasteiger charge is 2.54. The van der Waals surface area contributed by atoms with Gasteiger partial charge in [0, 0.05) is 13.5 Å². The molecule has 0 bridgehead atoms. The van der Waals surface area contributed by atoms with Gasteiger partial charge in [0.1, 0.15) is 5.78 Å². The Morgan fingerprint density at radius 1 is 1.20 bits per heavy atom. The molecule has 2 atom stereocenters. The van der Waals surface area contributed by atoms with Crippen LogP contribution in [0, 0.1) is 10.8 Å². The van der Waals surface area contributed by atoms with Crippen LogP contribution in [0.4, 0.5) is 0 Å². The van der Waals surface area contributed by atoms with Gasteiger partial charge >= 0.3 is 0 Å². The van der Waals surface area contributed by atoms with Gasteiger partial charge in [-0.15, -0.1) is 0 Å². The first kappa shape index (κ1) is 17.7. The molecule has 0 aromatic carbocycles. The number of hydrogen-bond donors (Lipinski definition) is 0. The maximum atomic E-state index is 13.0.